The van der Waals surface area contributed by atoms with Crippen LogP contribution in [0.25, 0.3) is 17.3 Å². The molecule has 0 aliphatic carbocycles. The summed E-state index contributed by atoms with van der Waals surface area (Å²) in [4.78, 5) is 8.43. The first-order valence-corrected chi connectivity index (χ1v) is 12.7. The van der Waals surface area contributed by atoms with Gasteiger partial charge in [0.05, 0.1) is 22.2 Å². The Balaban J connectivity index is 1.77. The molecule has 4 rings (SSSR count). The molecule has 174 valence electrons. The van der Waals surface area contributed by atoms with Gasteiger partial charge in [-0.1, -0.05) is 80.3 Å². The fraction of sp³-hybridized carbons (Fsp3) is 0.310. The highest BCUT2D eigenvalue weighted by Gasteiger charge is 2.29. The molecule has 0 amide bonds. The van der Waals surface area contributed by atoms with Gasteiger partial charge in [-0.15, -0.1) is 0 Å². The Labute approximate surface area is 207 Å². The molecule has 34 heavy (non-hydrogen) atoms. The van der Waals surface area contributed by atoms with Crippen LogP contribution < -0.4 is 10.2 Å². The molecule has 5 heteroatoms. The van der Waals surface area contributed by atoms with Crippen LogP contribution in [0.4, 0.5) is 10.8 Å². The zero-order chi connectivity index (χ0) is 24.1. The topological polar surface area (TPSA) is 52.0 Å². The van der Waals surface area contributed by atoms with Crippen LogP contribution in [0.1, 0.15) is 43.6 Å². The maximum absolute atomic E-state index is 10.2. The number of nitrogens with one attached hydrogen (secondary N) is 1. The molecule has 1 aliphatic rings. The van der Waals surface area contributed by atoms with E-state index >= 15 is 0 Å². The third kappa shape index (κ3) is 4.78. The van der Waals surface area contributed by atoms with Crippen molar-refractivity contribution in [1.29, 1.82) is 5.26 Å². The van der Waals surface area contributed by atoms with Crippen LogP contribution in [-0.4, -0.2) is 25.1 Å². The van der Waals surface area contributed by atoms with Gasteiger partial charge in [0.1, 0.15) is 0 Å². The molecule has 1 aliphatic heterocycles. The molecular formula is C29H32N4S. The molecule has 3 aromatic rings. The van der Waals surface area contributed by atoms with E-state index in [4.69, 9.17) is 4.98 Å². The van der Waals surface area contributed by atoms with Crippen LogP contribution in [-0.2, 0) is 5.41 Å². The van der Waals surface area contributed by atoms with E-state index in [1.54, 1.807) is 11.3 Å². The van der Waals surface area contributed by atoms with Crippen molar-refractivity contribution in [2.75, 3.05) is 30.4 Å². The zero-order valence-electron chi connectivity index (χ0n) is 20.3. The van der Waals surface area contributed by atoms with E-state index in [0.717, 1.165) is 51.2 Å². The van der Waals surface area contributed by atoms with Gasteiger partial charge in [0, 0.05) is 36.8 Å². The number of hydrogen-bond acceptors (Lipinski definition) is 5. The van der Waals surface area contributed by atoms with Crippen molar-refractivity contribution >= 4 is 28.2 Å². The van der Waals surface area contributed by atoms with Crippen molar-refractivity contribution < 1.29 is 0 Å². The second kappa shape index (κ2) is 10.3. The first kappa shape index (κ1) is 23.8. The highest BCUT2D eigenvalue weighted by atomic mass is 32.1. The lowest BCUT2D eigenvalue weighted by Gasteiger charge is -2.30. The summed E-state index contributed by atoms with van der Waals surface area (Å²) in [7, 11) is 1.92. The lowest BCUT2D eigenvalue weighted by Crippen LogP contribution is -2.29. The monoisotopic (exact) mass is 468 g/mol. The largest absolute Gasteiger partial charge is 0.388 e. The standard InChI is InChI=1S/C29H32N4S/c1-21(29(2,3)24-15-9-10-16-25(24)31-4)23(20-30)19-26-27(22-13-7-5-8-14-22)32-28(34-26)33-17-11-6-12-18-33/h5,7-10,13-16,19,31H,1,6,11-12,17-18H2,2-4H3/b23-19+. The predicted molar refractivity (Wildman–Crippen MR) is 145 cm³/mol. The van der Waals surface area contributed by atoms with E-state index in [2.05, 4.69) is 61.0 Å². The Bertz CT molecular complexity index is 1220. The number of hydrogen-bond donors (Lipinski definition) is 1. The zero-order valence-corrected chi connectivity index (χ0v) is 21.1. The molecule has 1 aromatic heterocycles. The Kier molecular flexibility index (Phi) is 7.19. The number of nitriles is 1. The van der Waals surface area contributed by atoms with Gasteiger partial charge in [-0.3, -0.25) is 0 Å². The van der Waals surface area contributed by atoms with Crippen molar-refractivity contribution in [3.63, 3.8) is 0 Å². The number of thiazole rings is 1. The number of allylic oxidation sites excluding steroid dienone is 2. The third-order valence-electron chi connectivity index (χ3n) is 6.66. The minimum atomic E-state index is -0.422. The molecule has 1 N–H and O–H groups in total. The van der Waals surface area contributed by atoms with E-state index in [1.807, 2.05) is 43.5 Å². The maximum atomic E-state index is 10.2. The second-order valence-corrected chi connectivity index (χ2v) is 10.2. The molecule has 0 unspecified atom stereocenters. The molecule has 0 saturated carbocycles. The Morgan fingerprint density at radius 3 is 2.44 bits per heavy atom. The van der Waals surface area contributed by atoms with E-state index < -0.39 is 5.41 Å². The lowest BCUT2D eigenvalue weighted by atomic mass is 9.74. The van der Waals surface area contributed by atoms with Crippen LogP contribution in [0.3, 0.4) is 0 Å². The van der Waals surface area contributed by atoms with Crippen LogP contribution >= 0.6 is 11.3 Å². The smallest absolute Gasteiger partial charge is 0.186 e. The predicted octanol–water partition coefficient (Wildman–Crippen LogP) is 7.28. The molecule has 0 spiro atoms. The Morgan fingerprint density at radius 2 is 1.76 bits per heavy atom. The molecule has 4 nitrogen and oxygen atoms in total. The van der Waals surface area contributed by atoms with Gasteiger partial charge in [-0.05, 0) is 42.5 Å². The van der Waals surface area contributed by atoms with E-state index in [-0.39, 0.29) is 0 Å². The van der Waals surface area contributed by atoms with E-state index in [0.29, 0.717) is 5.57 Å². The molecule has 2 heterocycles. The molecule has 1 saturated heterocycles. The number of nitrogens with zero attached hydrogens (tertiary/aromatic N) is 3. The summed E-state index contributed by atoms with van der Waals surface area (Å²) in [5.74, 6) is 0. The Morgan fingerprint density at radius 1 is 1.09 bits per heavy atom. The summed E-state index contributed by atoms with van der Waals surface area (Å²) in [5.41, 5.74) is 5.11. The van der Waals surface area contributed by atoms with Gasteiger partial charge >= 0.3 is 0 Å². The quantitative estimate of drug-likeness (QED) is 0.292. The SMILES string of the molecule is C=C(/C(C#N)=C/c1sc(N2CCCCC2)nc1-c1ccccc1)C(C)(C)c1ccccc1NC. The molecule has 1 fully saturated rings. The summed E-state index contributed by atoms with van der Waals surface area (Å²) < 4.78 is 0. The van der Waals surface area contributed by atoms with E-state index in [9.17, 15) is 5.26 Å². The summed E-state index contributed by atoms with van der Waals surface area (Å²) >= 11 is 1.67. The second-order valence-electron chi connectivity index (χ2n) is 9.19. The lowest BCUT2D eigenvalue weighted by molar-refractivity contribution is 0.577. The van der Waals surface area contributed by atoms with Crippen LogP contribution in [0, 0.1) is 11.3 Å². The maximum Gasteiger partial charge on any atom is 0.186 e. The van der Waals surface area contributed by atoms with Crippen LogP contribution in [0.5, 0.6) is 0 Å². The number of rotatable bonds is 7. The summed E-state index contributed by atoms with van der Waals surface area (Å²) in [6.45, 7) is 10.7. The molecule has 0 radical (unpaired) electrons. The summed E-state index contributed by atoms with van der Waals surface area (Å²) in [6.07, 6.45) is 5.66. The van der Waals surface area contributed by atoms with Crippen molar-refractivity contribution in [2.45, 2.75) is 38.5 Å². The highest BCUT2D eigenvalue weighted by Crippen LogP contribution is 2.41. The summed E-state index contributed by atoms with van der Waals surface area (Å²) in [5, 5.41) is 14.5. The fourth-order valence-corrected chi connectivity index (χ4v) is 5.59. The molecular weight excluding hydrogens is 436 g/mol. The number of piperidine rings is 1. The third-order valence-corrected chi connectivity index (χ3v) is 7.72. The highest BCUT2D eigenvalue weighted by molar-refractivity contribution is 7.17. The molecule has 0 bridgehead atoms. The van der Waals surface area contributed by atoms with Crippen LogP contribution in [0.15, 0.2) is 72.3 Å². The van der Waals surface area contributed by atoms with Gasteiger partial charge in [0.2, 0.25) is 0 Å². The number of para-hydroxylation sites is 1. The average Bonchev–Trinajstić information content (AvgIpc) is 3.31. The first-order valence-electron chi connectivity index (χ1n) is 11.9. The normalized spacial score (nSPS) is 14.5. The van der Waals surface area contributed by atoms with Gasteiger partial charge in [-0.2, -0.15) is 5.26 Å². The number of anilines is 2. The number of benzene rings is 2. The number of aromatic nitrogens is 1. The van der Waals surface area contributed by atoms with Crippen molar-refractivity contribution in [3.05, 3.63) is 82.8 Å². The summed E-state index contributed by atoms with van der Waals surface area (Å²) in [6, 6.07) is 20.9. The molecule has 0 atom stereocenters. The molecule has 2 aromatic carbocycles. The van der Waals surface area contributed by atoms with Gasteiger partial charge in [-0.25, -0.2) is 4.98 Å². The van der Waals surface area contributed by atoms with Crippen LogP contribution in [0.2, 0.25) is 0 Å². The van der Waals surface area contributed by atoms with Gasteiger partial charge in [0.25, 0.3) is 0 Å². The van der Waals surface area contributed by atoms with Crippen molar-refractivity contribution in [3.8, 4) is 17.3 Å². The van der Waals surface area contributed by atoms with E-state index in [1.165, 1.54) is 19.3 Å². The Hall–Kier alpha value is -3.36. The van der Waals surface area contributed by atoms with Crippen molar-refractivity contribution in [1.82, 2.24) is 4.98 Å². The van der Waals surface area contributed by atoms with Gasteiger partial charge < -0.3 is 10.2 Å². The van der Waals surface area contributed by atoms with Gasteiger partial charge in [0.15, 0.2) is 5.13 Å². The minimum Gasteiger partial charge on any atom is -0.388 e. The average molecular weight is 469 g/mol. The van der Waals surface area contributed by atoms with Crippen molar-refractivity contribution in [2.24, 2.45) is 0 Å². The fourth-order valence-electron chi connectivity index (χ4n) is 4.50. The minimum absolute atomic E-state index is 0.422. The first-order chi connectivity index (χ1) is 16.5.